The van der Waals surface area contributed by atoms with Crippen LogP contribution in [0.5, 0.6) is 0 Å². The van der Waals surface area contributed by atoms with Gasteiger partial charge in [-0.2, -0.15) is 0 Å². The largest absolute Gasteiger partial charge is 0.0848 e. The van der Waals surface area contributed by atoms with Gasteiger partial charge in [-0.15, -0.1) is 0 Å². The predicted octanol–water partition coefficient (Wildman–Crippen LogP) is 3.00. The zero-order valence-corrected chi connectivity index (χ0v) is 7.00. The van der Waals surface area contributed by atoms with Crippen molar-refractivity contribution in [2.45, 2.75) is 32.1 Å². The second-order valence-electron chi connectivity index (χ2n) is 4.56. The van der Waals surface area contributed by atoms with E-state index in [0.29, 0.717) is 0 Å². The van der Waals surface area contributed by atoms with Crippen LogP contribution in [-0.2, 0) is 0 Å². The molecule has 3 aliphatic rings. The summed E-state index contributed by atoms with van der Waals surface area (Å²) in [5.74, 6) is 4.26. The molecule has 0 aromatic carbocycles. The molecule has 4 atom stereocenters. The number of hydrogen-bond donors (Lipinski definition) is 0. The third-order valence-electron chi connectivity index (χ3n) is 3.92. The number of hydrogen-bond acceptors (Lipinski definition) is 0. The van der Waals surface area contributed by atoms with Gasteiger partial charge >= 0.3 is 0 Å². The molecule has 2 saturated carbocycles. The second-order valence-corrected chi connectivity index (χ2v) is 4.56. The van der Waals surface area contributed by atoms with Crippen LogP contribution in [0.3, 0.4) is 0 Å². The first-order valence-corrected chi connectivity index (χ1v) is 5.13. The predicted molar refractivity (Wildman–Crippen MR) is 46.2 cm³/mol. The van der Waals surface area contributed by atoms with E-state index in [1.165, 1.54) is 32.1 Å². The molecule has 0 unspecified atom stereocenters. The van der Waals surface area contributed by atoms with Crippen molar-refractivity contribution < 1.29 is 0 Å². The highest BCUT2D eigenvalue weighted by atomic mass is 14.5. The molecule has 0 nitrogen and oxygen atoms in total. The van der Waals surface area contributed by atoms with E-state index in [0.717, 1.165) is 23.7 Å². The fourth-order valence-electron chi connectivity index (χ4n) is 3.19. The van der Waals surface area contributed by atoms with E-state index in [1.54, 1.807) is 0 Å². The molecule has 3 rings (SSSR count). The molecule has 3 aliphatic carbocycles. The number of fused-ring (bicyclic) bond motifs is 3. The SMILES string of the molecule is C1=C[C@H]2C[C@H]2[C@H]2CCCC[C@H]12. The fourth-order valence-corrected chi connectivity index (χ4v) is 3.19. The molecule has 2 fully saturated rings. The van der Waals surface area contributed by atoms with Crippen molar-refractivity contribution in [3.8, 4) is 0 Å². The molecule has 0 amide bonds. The summed E-state index contributed by atoms with van der Waals surface area (Å²) in [6, 6.07) is 0. The highest BCUT2D eigenvalue weighted by Gasteiger charge is 2.46. The molecule has 0 N–H and O–H groups in total. The van der Waals surface area contributed by atoms with Crippen molar-refractivity contribution in [3.05, 3.63) is 12.2 Å². The zero-order valence-electron chi connectivity index (χ0n) is 7.00. The molecule has 0 aromatic rings. The Balaban J connectivity index is 1.85. The molecular weight excluding hydrogens is 132 g/mol. The molecule has 0 aliphatic heterocycles. The van der Waals surface area contributed by atoms with Crippen molar-refractivity contribution in [1.29, 1.82) is 0 Å². The third-order valence-corrected chi connectivity index (χ3v) is 3.92. The lowest BCUT2D eigenvalue weighted by Gasteiger charge is -2.31. The van der Waals surface area contributed by atoms with E-state index in [1.807, 2.05) is 0 Å². The lowest BCUT2D eigenvalue weighted by molar-refractivity contribution is 0.239. The molecular formula is C11H16. The Labute approximate surface area is 68.7 Å². The maximum absolute atomic E-state index is 2.53. The Morgan fingerprint density at radius 3 is 2.64 bits per heavy atom. The van der Waals surface area contributed by atoms with E-state index in [9.17, 15) is 0 Å². The molecule has 0 radical (unpaired) electrons. The van der Waals surface area contributed by atoms with Gasteiger partial charge in [0.05, 0.1) is 0 Å². The van der Waals surface area contributed by atoms with Gasteiger partial charge in [0, 0.05) is 0 Å². The maximum Gasteiger partial charge on any atom is -0.0199 e. The first-order chi connectivity index (χ1) is 5.45. The van der Waals surface area contributed by atoms with Gasteiger partial charge in [-0.1, -0.05) is 25.0 Å². The summed E-state index contributed by atoms with van der Waals surface area (Å²) in [7, 11) is 0. The summed E-state index contributed by atoms with van der Waals surface area (Å²) < 4.78 is 0. The summed E-state index contributed by atoms with van der Waals surface area (Å²) in [6.45, 7) is 0. The second kappa shape index (κ2) is 2.12. The summed E-state index contributed by atoms with van der Waals surface area (Å²) in [4.78, 5) is 0. The molecule has 0 saturated heterocycles. The van der Waals surface area contributed by atoms with Crippen molar-refractivity contribution in [2.75, 3.05) is 0 Å². The van der Waals surface area contributed by atoms with Crippen LogP contribution in [0.1, 0.15) is 32.1 Å². The average Bonchev–Trinajstić information content (AvgIpc) is 2.83. The quantitative estimate of drug-likeness (QED) is 0.463. The molecule has 0 aromatic heterocycles. The molecule has 0 heteroatoms. The monoisotopic (exact) mass is 148 g/mol. The normalized spacial score (nSPS) is 53.1. The Morgan fingerprint density at radius 1 is 0.818 bits per heavy atom. The summed E-state index contributed by atoms with van der Waals surface area (Å²) in [5.41, 5.74) is 0. The highest BCUT2D eigenvalue weighted by Crippen LogP contribution is 2.55. The van der Waals surface area contributed by atoms with Gasteiger partial charge in [0.2, 0.25) is 0 Å². The molecule has 0 bridgehead atoms. The van der Waals surface area contributed by atoms with Gasteiger partial charge in [0.1, 0.15) is 0 Å². The molecule has 0 heterocycles. The molecule has 11 heavy (non-hydrogen) atoms. The summed E-state index contributed by atoms with van der Waals surface area (Å²) in [5, 5.41) is 0. The van der Waals surface area contributed by atoms with Gasteiger partial charge < -0.3 is 0 Å². The molecule has 0 spiro atoms. The minimum atomic E-state index is 0.993. The van der Waals surface area contributed by atoms with Crippen LogP contribution in [0.25, 0.3) is 0 Å². The standard InChI is InChI=1S/C11H16/c1-2-4-10-8(3-1)5-6-9-7-11(9)10/h5-6,8-11H,1-4,7H2/t8-,9+,10+,11-/m1/s1. The lowest BCUT2D eigenvalue weighted by Crippen LogP contribution is -2.22. The van der Waals surface area contributed by atoms with E-state index >= 15 is 0 Å². The van der Waals surface area contributed by atoms with Crippen LogP contribution >= 0.6 is 0 Å². The smallest absolute Gasteiger partial charge is 0.0199 e. The average molecular weight is 148 g/mol. The summed E-state index contributed by atoms with van der Waals surface area (Å²) in [6.07, 6.45) is 12.6. The number of allylic oxidation sites excluding steroid dienone is 2. The van der Waals surface area contributed by atoms with Crippen LogP contribution in [0, 0.1) is 23.7 Å². The first kappa shape index (κ1) is 6.28. The van der Waals surface area contributed by atoms with Crippen LogP contribution in [0.4, 0.5) is 0 Å². The number of rotatable bonds is 0. The highest BCUT2D eigenvalue weighted by molar-refractivity contribution is 5.13. The Kier molecular flexibility index (Phi) is 1.21. The van der Waals surface area contributed by atoms with E-state index in [4.69, 9.17) is 0 Å². The zero-order chi connectivity index (χ0) is 7.26. The summed E-state index contributed by atoms with van der Waals surface area (Å²) >= 11 is 0. The van der Waals surface area contributed by atoms with Gasteiger partial charge in [-0.05, 0) is 42.9 Å². The van der Waals surface area contributed by atoms with E-state index < -0.39 is 0 Å². The minimum Gasteiger partial charge on any atom is -0.0848 e. The molecule has 60 valence electrons. The lowest BCUT2D eigenvalue weighted by atomic mass is 9.74. The van der Waals surface area contributed by atoms with Crippen LogP contribution in [0.2, 0.25) is 0 Å². The van der Waals surface area contributed by atoms with E-state index in [-0.39, 0.29) is 0 Å². The Morgan fingerprint density at radius 2 is 1.64 bits per heavy atom. The van der Waals surface area contributed by atoms with E-state index in [2.05, 4.69) is 12.2 Å². The Bertz CT molecular complexity index is 192. The van der Waals surface area contributed by atoms with Gasteiger partial charge in [0.25, 0.3) is 0 Å². The maximum atomic E-state index is 2.53. The van der Waals surface area contributed by atoms with Crippen molar-refractivity contribution in [3.63, 3.8) is 0 Å². The minimum absolute atomic E-state index is 0.993. The van der Waals surface area contributed by atoms with Crippen LogP contribution in [-0.4, -0.2) is 0 Å². The van der Waals surface area contributed by atoms with Crippen molar-refractivity contribution >= 4 is 0 Å². The van der Waals surface area contributed by atoms with Crippen LogP contribution in [0.15, 0.2) is 12.2 Å². The van der Waals surface area contributed by atoms with Crippen molar-refractivity contribution in [1.82, 2.24) is 0 Å². The fraction of sp³-hybridized carbons (Fsp3) is 0.818. The first-order valence-electron chi connectivity index (χ1n) is 5.13. The van der Waals surface area contributed by atoms with Gasteiger partial charge in [0.15, 0.2) is 0 Å². The third kappa shape index (κ3) is 0.881. The van der Waals surface area contributed by atoms with Crippen molar-refractivity contribution in [2.24, 2.45) is 23.7 Å². The van der Waals surface area contributed by atoms with Gasteiger partial charge in [-0.3, -0.25) is 0 Å². The Hall–Kier alpha value is -0.260. The topological polar surface area (TPSA) is 0 Å². The van der Waals surface area contributed by atoms with Crippen LogP contribution < -0.4 is 0 Å². The van der Waals surface area contributed by atoms with Gasteiger partial charge in [-0.25, -0.2) is 0 Å².